The summed E-state index contributed by atoms with van der Waals surface area (Å²) in [6, 6.07) is 4.97. The number of hydrogen-bond donors (Lipinski definition) is 1. The van der Waals surface area contributed by atoms with Gasteiger partial charge >= 0.3 is 0 Å². The van der Waals surface area contributed by atoms with E-state index in [-0.39, 0.29) is 11.7 Å². The van der Waals surface area contributed by atoms with Gasteiger partial charge < -0.3 is 15.4 Å². The van der Waals surface area contributed by atoms with Gasteiger partial charge in [-0.15, -0.1) is 0 Å². The van der Waals surface area contributed by atoms with Crippen LogP contribution in [-0.4, -0.2) is 37.3 Å². The molecule has 1 rings (SSSR count). The lowest BCUT2D eigenvalue weighted by molar-refractivity contribution is -0.128. The third-order valence-electron chi connectivity index (χ3n) is 2.67. The number of Topliss-reactive ketones (excluding diaryl/α,β-unsaturated/α-hetero) is 1. The molecule has 19 heavy (non-hydrogen) atoms. The number of carbonyl (C=O) groups is 2. The van der Waals surface area contributed by atoms with E-state index in [0.29, 0.717) is 36.4 Å². The fourth-order valence-electron chi connectivity index (χ4n) is 1.58. The molecule has 104 valence electrons. The molecule has 0 aliphatic carbocycles. The van der Waals surface area contributed by atoms with Crippen LogP contribution in [0.1, 0.15) is 30.1 Å². The standard InChI is InChI=1S/C14H20N2O3/c1-10(17)12-9-11(15)6-7-13(12)19-8-4-5-14(18)16(2)3/h6-7,9H,4-5,8,15H2,1-3H3. The highest BCUT2D eigenvalue weighted by atomic mass is 16.5. The Labute approximate surface area is 113 Å². The topological polar surface area (TPSA) is 72.6 Å². The zero-order valence-corrected chi connectivity index (χ0v) is 11.6. The first-order valence-corrected chi connectivity index (χ1v) is 6.15. The van der Waals surface area contributed by atoms with Gasteiger partial charge in [-0.05, 0) is 31.5 Å². The molecule has 1 aromatic carbocycles. The minimum atomic E-state index is -0.0910. The summed E-state index contributed by atoms with van der Waals surface area (Å²) < 4.78 is 5.54. The lowest BCUT2D eigenvalue weighted by atomic mass is 10.1. The van der Waals surface area contributed by atoms with E-state index in [0.717, 1.165) is 0 Å². The van der Waals surface area contributed by atoms with Gasteiger partial charge in [0, 0.05) is 26.2 Å². The summed E-state index contributed by atoms with van der Waals surface area (Å²) >= 11 is 0. The number of carbonyl (C=O) groups excluding carboxylic acids is 2. The van der Waals surface area contributed by atoms with Crippen LogP contribution in [0.4, 0.5) is 5.69 Å². The molecule has 0 unspecified atom stereocenters. The number of rotatable bonds is 6. The van der Waals surface area contributed by atoms with E-state index in [9.17, 15) is 9.59 Å². The molecule has 0 aliphatic rings. The largest absolute Gasteiger partial charge is 0.493 e. The molecule has 0 aliphatic heterocycles. The lowest BCUT2D eigenvalue weighted by Crippen LogP contribution is -2.21. The van der Waals surface area contributed by atoms with Gasteiger partial charge in [-0.25, -0.2) is 0 Å². The van der Waals surface area contributed by atoms with Crippen molar-refractivity contribution in [3.05, 3.63) is 23.8 Å². The van der Waals surface area contributed by atoms with Crippen LogP contribution in [0.2, 0.25) is 0 Å². The van der Waals surface area contributed by atoms with Crippen LogP contribution in [0.5, 0.6) is 5.75 Å². The van der Waals surface area contributed by atoms with Crippen molar-refractivity contribution in [2.75, 3.05) is 26.4 Å². The second kappa shape index (κ2) is 6.78. The van der Waals surface area contributed by atoms with Crippen molar-refractivity contribution in [1.82, 2.24) is 4.90 Å². The second-order valence-electron chi connectivity index (χ2n) is 4.55. The molecule has 0 saturated carbocycles. The van der Waals surface area contributed by atoms with Crippen molar-refractivity contribution in [3.63, 3.8) is 0 Å². The van der Waals surface area contributed by atoms with Crippen LogP contribution in [0, 0.1) is 0 Å². The molecule has 0 heterocycles. The first kappa shape index (κ1) is 15.0. The van der Waals surface area contributed by atoms with Crippen LogP contribution in [-0.2, 0) is 4.79 Å². The summed E-state index contributed by atoms with van der Waals surface area (Å²) in [5, 5.41) is 0. The Morgan fingerprint density at radius 2 is 2.00 bits per heavy atom. The Morgan fingerprint density at radius 3 is 2.58 bits per heavy atom. The number of ketones is 1. The number of nitrogen functional groups attached to an aromatic ring is 1. The third kappa shape index (κ3) is 4.62. The smallest absolute Gasteiger partial charge is 0.222 e. The molecule has 5 nitrogen and oxygen atoms in total. The van der Waals surface area contributed by atoms with Gasteiger partial charge in [0.05, 0.1) is 12.2 Å². The van der Waals surface area contributed by atoms with Gasteiger partial charge in [0.1, 0.15) is 5.75 Å². The van der Waals surface area contributed by atoms with Crippen molar-refractivity contribution in [2.45, 2.75) is 19.8 Å². The fourth-order valence-corrected chi connectivity index (χ4v) is 1.58. The Morgan fingerprint density at radius 1 is 1.32 bits per heavy atom. The van der Waals surface area contributed by atoms with Gasteiger partial charge in [-0.3, -0.25) is 9.59 Å². The number of benzene rings is 1. The zero-order chi connectivity index (χ0) is 14.4. The highest BCUT2D eigenvalue weighted by molar-refractivity contribution is 5.97. The fraction of sp³-hybridized carbons (Fsp3) is 0.429. The number of anilines is 1. The van der Waals surface area contributed by atoms with E-state index >= 15 is 0 Å². The van der Waals surface area contributed by atoms with Crippen LogP contribution in [0.3, 0.4) is 0 Å². The summed E-state index contributed by atoms with van der Waals surface area (Å²) in [4.78, 5) is 24.4. The number of amides is 1. The summed E-state index contributed by atoms with van der Waals surface area (Å²) in [6.45, 7) is 1.86. The predicted octanol–water partition coefficient (Wildman–Crippen LogP) is 1.72. The maximum absolute atomic E-state index is 11.5. The molecule has 2 N–H and O–H groups in total. The van der Waals surface area contributed by atoms with E-state index < -0.39 is 0 Å². The van der Waals surface area contributed by atoms with Gasteiger partial charge in [-0.2, -0.15) is 0 Å². The summed E-state index contributed by atoms with van der Waals surface area (Å²) in [5.74, 6) is 0.485. The molecule has 0 saturated heterocycles. The molecule has 5 heteroatoms. The summed E-state index contributed by atoms with van der Waals surface area (Å²) in [5.41, 5.74) is 6.63. The van der Waals surface area contributed by atoms with Crippen LogP contribution in [0.25, 0.3) is 0 Å². The SMILES string of the molecule is CC(=O)c1cc(N)ccc1OCCCC(=O)N(C)C. The minimum absolute atomic E-state index is 0.0627. The maximum atomic E-state index is 11.5. The third-order valence-corrected chi connectivity index (χ3v) is 2.67. The van der Waals surface area contributed by atoms with E-state index in [1.165, 1.54) is 6.92 Å². The minimum Gasteiger partial charge on any atom is -0.493 e. The normalized spacial score (nSPS) is 10.1. The lowest BCUT2D eigenvalue weighted by Gasteiger charge is -2.12. The van der Waals surface area contributed by atoms with Gasteiger partial charge in [0.15, 0.2) is 5.78 Å². The van der Waals surface area contributed by atoms with Crippen molar-refractivity contribution in [3.8, 4) is 5.75 Å². The van der Waals surface area contributed by atoms with Crippen LogP contribution in [0.15, 0.2) is 18.2 Å². The Hall–Kier alpha value is -2.04. The Kier molecular flexibility index (Phi) is 5.36. The molecule has 0 atom stereocenters. The monoisotopic (exact) mass is 264 g/mol. The molecular weight excluding hydrogens is 244 g/mol. The number of nitrogens with two attached hydrogens (primary N) is 1. The van der Waals surface area contributed by atoms with Gasteiger partial charge in [0.2, 0.25) is 5.91 Å². The van der Waals surface area contributed by atoms with Crippen molar-refractivity contribution in [1.29, 1.82) is 0 Å². The summed E-state index contributed by atoms with van der Waals surface area (Å²) in [6.07, 6.45) is 1.04. The molecule has 0 spiro atoms. The molecule has 0 bridgehead atoms. The Balaban J connectivity index is 2.54. The Bertz CT molecular complexity index is 470. The van der Waals surface area contributed by atoms with Crippen LogP contribution >= 0.6 is 0 Å². The molecule has 0 fully saturated rings. The van der Waals surface area contributed by atoms with Gasteiger partial charge in [0.25, 0.3) is 0 Å². The first-order chi connectivity index (χ1) is 8.91. The molecular formula is C14H20N2O3. The molecule has 0 radical (unpaired) electrons. The second-order valence-corrected chi connectivity index (χ2v) is 4.55. The van der Waals surface area contributed by atoms with E-state index in [1.54, 1.807) is 37.2 Å². The number of nitrogens with zero attached hydrogens (tertiary/aromatic N) is 1. The quantitative estimate of drug-likeness (QED) is 0.482. The molecule has 1 aromatic rings. The molecule has 0 aromatic heterocycles. The highest BCUT2D eigenvalue weighted by Crippen LogP contribution is 2.22. The zero-order valence-electron chi connectivity index (χ0n) is 11.6. The van der Waals surface area contributed by atoms with E-state index in [2.05, 4.69) is 0 Å². The highest BCUT2D eigenvalue weighted by Gasteiger charge is 2.09. The average Bonchev–Trinajstić information content (AvgIpc) is 2.35. The first-order valence-electron chi connectivity index (χ1n) is 6.15. The van der Waals surface area contributed by atoms with E-state index in [1.807, 2.05) is 0 Å². The summed E-state index contributed by atoms with van der Waals surface area (Å²) in [7, 11) is 3.44. The number of hydrogen-bond acceptors (Lipinski definition) is 4. The number of ether oxygens (including phenoxy) is 1. The van der Waals surface area contributed by atoms with E-state index in [4.69, 9.17) is 10.5 Å². The average molecular weight is 264 g/mol. The van der Waals surface area contributed by atoms with Crippen molar-refractivity contribution < 1.29 is 14.3 Å². The van der Waals surface area contributed by atoms with Crippen molar-refractivity contribution >= 4 is 17.4 Å². The maximum Gasteiger partial charge on any atom is 0.222 e. The molecule has 1 amide bonds. The van der Waals surface area contributed by atoms with Crippen LogP contribution < -0.4 is 10.5 Å². The predicted molar refractivity (Wildman–Crippen MR) is 74.3 cm³/mol. The van der Waals surface area contributed by atoms with Gasteiger partial charge in [-0.1, -0.05) is 0 Å². The van der Waals surface area contributed by atoms with Crippen molar-refractivity contribution in [2.24, 2.45) is 0 Å².